The molecule has 22 heavy (non-hydrogen) atoms. The zero-order chi connectivity index (χ0) is 15.1. The molecule has 0 aliphatic rings. The third-order valence-electron chi connectivity index (χ3n) is 3.30. The van der Waals surface area contributed by atoms with E-state index in [0.717, 1.165) is 25.6 Å². The smallest absolute Gasteiger partial charge is 0.194 e. The predicted molar refractivity (Wildman–Crippen MR) is 101 cm³/mol. The van der Waals surface area contributed by atoms with Crippen molar-refractivity contribution < 1.29 is 0 Å². The number of nitrogens with one attached hydrogen (secondary N) is 1. The number of aryl methyl sites for hydroxylation is 1. The van der Waals surface area contributed by atoms with Crippen LogP contribution in [0.1, 0.15) is 12.6 Å². The summed E-state index contributed by atoms with van der Waals surface area (Å²) in [4.78, 5) is 6.80. The van der Waals surface area contributed by atoms with Crippen LogP contribution in [-0.2, 0) is 20.1 Å². The van der Waals surface area contributed by atoms with Crippen LogP contribution in [0.3, 0.4) is 0 Å². The number of hydrogen-bond donors (Lipinski definition) is 1. The largest absolute Gasteiger partial charge is 0.357 e. The van der Waals surface area contributed by atoms with Crippen molar-refractivity contribution >= 4 is 29.9 Å². The second-order valence-electron chi connectivity index (χ2n) is 4.97. The van der Waals surface area contributed by atoms with Gasteiger partial charge < -0.3 is 14.8 Å². The first-order valence-electron chi connectivity index (χ1n) is 7.27. The Labute approximate surface area is 149 Å². The lowest BCUT2D eigenvalue weighted by atomic mass is 10.4. The van der Waals surface area contributed by atoms with E-state index in [9.17, 15) is 0 Å². The van der Waals surface area contributed by atoms with Gasteiger partial charge in [-0.15, -0.1) is 24.0 Å². The van der Waals surface area contributed by atoms with Crippen molar-refractivity contribution in [1.29, 1.82) is 0 Å². The second-order valence-corrected chi connectivity index (χ2v) is 4.97. The fourth-order valence-electron chi connectivity index (χ4n) is 2.14. The molecule has 0 aromatic carbocycles. The quantitative estimate of drug-likeness (QED) is 0.445. The molecular weight excluding hydrogens is 391 g/mol. The fourth-order valence-corrected chi connectivity index (χ4v) is 2.14. The number of hydrogen-bond acceptors (Lipinski definition) is 2. The maximum absolute atomic E-state index is 4.66. The SMILES string of the molecule is CCNC(=NCCn1cccn1)N(C)Cc1cccn1C.I. The van der Waals surface area contributed by atoms with Gasteiger partial charge in [0.1, 0.15) is 0 Å². The Hall–Kier alpha value is -1.51. The summed E-state index contributed by atoms with van der Waals surface area (Å²) in [5.74, 6) is 0.922. The van der Waals surface area contributed by atoms with Gasteiger partial charge in [0.15, 0.2) is 5.96 Å². The second kappa shape index (κ2) is 9.50. The van der Waals surface area contributed by atoms with Crippen molar-refractivity contribution in [3.8, 4) is 0 Å². The molecule has 2 rings (SSSR count). The molecule has 0 saturated heterocycles. The molecule has 6 nitrogen and oxygen atoms in total. The van der Waals surface area contributed by atoms with E-state index in [-0.39, 0.29) is 24.0 Å². The lowest BCUT2D eigenvalue weighted by molar-refractivity contribution is 0.460. The van der Waals surface area contributed by atoms with Crippen molar-refractivity contribution in [3.05, 3.63) is 42.5 Å². The summed E-state index contributed by atoms with van der Waals surface area (Å²) in [7, 11) is 4.12. The van der Waals surface area contributed by atoms with E-state index in [0.29, 0.717) is 6.54 Å². The zero-order valence-corrected chi connectivity index (χ0v) is 15.8. The topological polar surface area (TPSA) is 50.4 Å². The van der Waals surface area contributed by atoms with Crippen LogP contribution >= 0.6 is 24.0 Å². The van der Waals surface area contributed by atoms with Crippen LogP contribution in [0, 0.1) is 0 Å². The first kappa shape index (κ1) is 18.5. The number of nitrogens with zero attached hydrogens (tertiary/aromatic N) is 5. The monoisotopic (exact) mass is 416 g/mol. The van der Waals surface area contributed by atoms with Gasteiger partial charge >= 0.3 is 0 Å². The lowest BCUT2D eigenvalue weighted by Crippen LogP contribution is -2.39. The van der Waals surface area contributed by atoms with Crippen molar-refractivity contribution in [2.24, 2.45) is 12.0 Å². The molecule has 0 spiro atoms. The molecule has 122 valence electrons. The molecule has 2 aromatic rings. The summed E-state index contributed by atoms with van der Waals surface area (Å²) in [6, 6.07) is 6.12. The maximum atomic E-state index is 4.66. The minimum Gasteiger partial charge on any atom is -0.357 e. The number of halogens is 1. The van der Waals surface area contributed by atoms with Gasteiger partial charge in [-0.1, -0.05) is 0 Å². The minimum absolute atomic E-state index is 0. The molecule has 0 saturated carbocycles. The molecule has 0 bridgehead atoms. The highest BCUT2D eigenvalue weighted by Gasteiger charge is 2.07. The lowest BCUT2D eigenvalue weighted by Gasteiger charge is -2.22. The summed E-state index contributed by atoms with van der Waals surface area (Å²) in [5, 5.41) is 7.52. The van der Waals surface area contributed by atoms with Crippen LogP contribution in [-0.4, -0.2) is 45.3 Å². The van der Waals surface area contributed by atoms with Crippen LogP contribution in [0.15, 0.2) is 41.8 Å². The zero-order valence-electron chi connectivity index (χ0n) is 13.4. The summed E-state index contributed by atoms with van der Waals surface area (Å²) < 4.78 is 4.02. The minimum atomic E-state index is 0. The molecule has 0 aliphatic heterocycles. The Bertz CT molecular complexity index is 560. The van der Waals surface area contributed by atoms with Gasteiger partial charge in [0.25, 0.3) is 0 Å². The highest BCUT2D eigenvalue weighted by molar-refractivity contribution is 14.0. The van der Waals surface area contributed by atoms with Crippen LogP contribution in [0.5, 0.6) is 0 Å². The molecule has 0 amide bonds. The van der Waals surface area contributed by atoms with E-state index in [1.54, 1.807) is 6.20 Å². The average Bonchev–Trinajstić information content (AvgIpc) is 3.10. The molecule has 0 aliphatic carbocycles. The summed E-state index contributed by atoms with van der Waals surface area (Å²) >= 11 is 0. The van der Waals surface area contributed by atoms with Gasteiger partial charge in [-0.3, -0.25) is 9.67 Å². The van der Waals surface area contributed by atoms with Gasteiger partial charge in [-0.25, -0.2) is 0 Å². The van der Waals surface area contributed by atoms with Crippen molar-refractivity contribution in [1.82, 2.24) is 24.6 Å². The predicted octanol–water partition coefficient (Wildman–Crippen LogP) is 1.94. The van der Waals surface area contributed by atoms with Crippen LogP contribution in [0.25, 0.3) is 0 Å². The summed E-state index contributed by atoms with van der Waals surface area (Å²) in [5.41, 5.74) is 1.26. The van der Waals surface area contributed by atoms with Crippen molar-refractivity contribution in [2.75, 3.05) is 20.1 Å². The van der Waals surface area contributed by atoms with Crippen LogP contribution in [0.4, 0.5) is 0 Å². The fraction of sp³-hybridized carbons (Fsp3) is 0.467. The number of guanidine groups is 1. The maximum Gasteiger partial charge on any atom is 0.194 e. The molecule has 1 N–H and O–H groups in total. The average molecular weight is 416 g/mol. The molecule has 0 atom stereocenters. The number of aromatic nitrogens is 3. The van der Waals surface area contributed by atoms with E-state index in [1.807, 2.05) is 16.9 Å². The van der Waals surface area contributed by atoms with E-state index in [2.05, 4.69) is 64.2 Å². The highest BCUT2D eigenvalue weighted by atomic mass is 127. The van der Waals surface area contributed by atoms with E-state index in [4.69, 9.17) is 0 Å². The van der Waals surface area contributed by atoms with Gasteiger partial charge in [0, 0.05) is 44.9 Å². The first-order chi connectivity index (χ1) is 10.2. The van der Waals surface area contributed by atoms with Crippen molar-refractivity contribution in [3.63, 3.8) is 0 Å². The van der Waals surface area contributed by atoms with Crippen LogP contribution < -0.4 is 5.32 Å². The van der Waals surface area contributed by atoms with Gasteiger partial charge in [-0.05, 0) is 25.1 Å². The van der Waals surface area contributed by atoms with Gasteiger partial charge in [0.05, 0.1) is 19.6 Å². The molecular formula is C15H25IN6. The third-order valence-corrected chi connectivity index (χ3v) is 3.30. The standard InChI is InChI=1S/C15H24N6.HI/c1-4-16-15(17-9-12-21-11-6-8-18-21)20(3)13-14-7-5-10-19(14)2;/h5-8,10-11H,4,9,12-13H2,1-3H3,(H,16,17);1H. The molecule has 0 radical (unpaired) electrons. The number of aliphatic imine (C=N–C) groups is 1. The Morgan fingerprint density at radius 1 is 1.36 bits per heavy atom. The molecule has 7 heteroatoms. The Morgan fingerprint density at radius 2 is 2.18 bits per heavy atom. The first-order valence-corrected chi connectivity index (χ1v) is 7.27. The van der Waals surface area contributed by atoms with E-state index in [1.165, 1.54) is 5.69 Å². The molecule has 2 aromatic heterocycles. The Balaban J connectivity index is 0.00000242. The van der Waals surface area contributed by atoms with E-state index >= 15 is 0 Å². The molecule has 0 unspecified atom stereocenters. The van der Waals surface area contributed by atoms with Gasteiger partial charge in [-0.2, -0.15) is 5.10 Å². The van der Waals surface area contributed by atoms with Crippen LogP contribution in [0.2, 0.25) is 0 Å². The number of rotatable bonds is 6. The Kier molecular flexibility index (Phi) is 8.00. The third kappa shape index (κ3) is 5.36. The van der Waals surface area contributed by atoms with Gasteiger partial charge in [0.2, 0.25) is 0 Å². The molecule has 0 fully saturated rings. The van der Waals surface area contributed by atoms with E-state index < -0.39 is 0 Å². The molecule has 2 heterocycles. The highest BCUT2D eigenvalue weighted by Crippen LogP contribution is 2.03. The normalized spacial score (nSPS) is 11.1. The summed E-state index contributed by atoms with van der Waals surface area (Å²) in [6.45, 7) is 5.27. The van der Waals surface area contributed by atoms with Crippen molar-refractivity contribution in [2.45, 2.75) is 20.0 Å². The summed E-state index contributed by atoms with van der Waals surface area (Å²) in [6.07, 6.45) is 5.80. The Morgan fingerprint density at radius 3 is 2.77 bits per heavy atom.